The van der Waals surface area contributed by atoms with E-state index in [9.17, 15) is 4.79 Å². The number of imidazole rings is 1. The number of carbonyl (C=O) groups excluding carboxylic acids is 1. The lowest BCUT2D eigenvalue weighted by Gasteiger charge is -2.08. The number of fused-ring (bicyclic) bond motifs is 1. The van der Waals surface area contributed by atoms with E-state index in [1.54, 1.807) is 48.0 Å². The molecule has 0 fully saturated rings. The summed E-state index contributed by atoms with van der Waals surface area (Å²) >= 11 is 12.0. The summed E-state index contributed by atoms with van der Waals surface area (Å²) in [6, 6.07) is 8.50. The first-order chi connectivity index (χ1) is 11.5. The van der Waals surface area contributed by atoms with Crippen molar-refractivity contribution in [2.75, 3.05) is 12.4 Å². The third-order valence-electron chi connectivity index (χ3n) is 3.58. The van der Waals surface area contributed by atoms with Crippen LogP contribution in [0.25, 0.3) is 5.65 Å². The normalized spacial score (nSPS) is 10.8. The maximum absolute atomic E-state index is 12.8. The molecule has 0 spiro atoms. The molecule has 3 rings (SSSR count). The van der Waals surface area contributed by atoms with E-state index in [0.29, 0.717) is 44.9 Å². The molecule has 24 heavy (non-hydrogen) atoms. The van der Waals surface area contributed by atoms with Gasteiger partial charge in [-0.25, -0.2) is 4.98 Å². The number of aryl methyl sites for hydroxylation is 1. The number of ether oxygens (including phenoxy) is 1. The molecule has 3 aromatic rings. The zero-order chi connectivity index (χ0) is 17.3. The minimum Gasteiger partial charge on any atom is -0.493 e. The van der Waals surface area contributed by atoms with E-state index < -0.39 is 0 Å². The van der Waals surface area contributed by atoms with E-state index in [1.165, 1.54) is 0 Å². The van der Waals surface area contributed by atoms with Gasteiger partial charge >= 0.3 is 0 Å². The van der Waals surface area contributed by atoms with Crippen molar-refractivity contribution in [1.29, 1.82) is 0 Å². The summed E-state index contributed by atoms with van der Waals surface area (Å²) in [6.45, 7) is 1.95. The smallest absolute Gasteiger partial charge is 0.274 e. The Bertz CT molecular complexity index is 901. The topological polar surface area (TPSA) is 55.6 Å². The Hall–Kier alpha value is -2.24. The second-order valence-electron chi connectivity index (χ2n) is 5.14. The second-order valence-corrected chi connectivity index (χ2v) is 6.02. The number of benzene rings is 1. The first kappa shape index (κ1) is 16.6. The number of rotatable bonds is 4. The predicted molar refractivity (Wildman–Crippen MR) is 95.5 cm³/mol. The average Bonchev–Trinajstić information content (AvgIpc) is 2.92. The molecular formula is C17H15Cl2N3O2. The number of hydrogen-bond acceptors (Lipinski definition) is 3. The van der Waals surface area contributed by atoms with Gasteiger partial charge in [-0.05, 0) is 36.8 Å². The monoisotopic (exact) mass is 363 g/mol. The zero-order valence-electron chi connectivity index (χ0n) is 13.1. The largest absolute Gasteiger partial charge is 0.493 e. The number of pyridine rings is 1. The van der Waals surface area contributed by atoms with E-state index in [1.807, 2.05) is 6.92 Å². The molecule has 0 saturated heterocycles. The molecule has 1 amide bonds. The highest BCUT2D eigenvalue weighted by molar-refractivity contribution is 6.35. The summed E-state index contributed by atoms with van der Waals surface area (Å²) in [5, 5.41) is 3.73. The third kappa shape index (κ3) is 3.05. The molecule has 0 bridgehead atoms. The Balaban J connectivity index is 2.06. The lowest BCUT2D eigenvalue weighted by Crippen LogP contribution is -2.16. The quantitative estimate of drug-likeness (QED) is 0.744. The van der Waals surface area contributed by atoms with Crippen LogP contribution in [0.5, 0.6) is 5.75 Å². The van der Waals surface area contributed by atoms with Gasteiger partial charge in [-0.2, -0.15) is 0 Å². The molecule has 0 aliphatic heterocycles. The van der Waals surface area contributed by atoms with E-state index in [2.05, 4.69) is 10.3 Å². The van der Waals surface area contributed by atoms with Crippen molar-refractivity contribution in [3.8, 4) is 5.75 Å². The molecule has 124 valence electrons. The number of anilines is 1. The molecule has 0 saturated carbocycles. The van der Waals surface area contributed by atoms with E-state index in [4.69, 9.17) is 27.9 Å². The Kier molecular flexibility index (Phi) is 4.64. The summed E-state index contributed by atoms with van der Waals surface area (Å²) in [4.78, 5) is 17.3. The predicted octanol–water partition coefficient (Wildman–Crippen LogP) is 4.46. The minimum atomic E-state index is -0.286. The van der Waals surface area contributed by atoms with Crippen LogP contribution in [0.4, 0.5) is 5.69 Å². The molecule has 0 unspecified atom stereocenters. The van der Waals surface area contributed by atoms with E-state index >= 15 is 0 Å². The molecule has 7 heteroatoms. The van der Waals surface area contributed by atoms with Crippen LogP contribution in [-0.2, 0) is 6.42 Å². The van der Waals surface area contributed by atoms with Crippen molar-refractivity contribution in [2.24, 2.45) is 0 Å². The molecule has 2 heterocycles. The highest BCUT2D eigenvalue weighted by atomic mass is 35.5. The fourth-order valence-electron chi connectivity index (χ4n) is 2.55. The van der Waals surface area contributed by atoms with Gasteiger partial charge in [0.15, 0.2) is 11.4 Å². The minimum absolute atomic E-state index is 0.286. The van der Waals surface area contributed by atoms with Crippen LogP contribution in [0.3, 0.4) is 0 Å². The SMILES string of the molecule is CCc1nc2c(OC)cccn2c1C(=O)Nc1cc(Cl)cc(Cl)c1. The molecular weight excluding hydrogens is 349 g/mol. The van der Waals surface area contributed by atoms with Gasteiger partial charge in [0, 0.05) is 21.9 Å². The zero-order valence-corrected chi connectivity index (χ0v) is 14.6. The fraction of sp³-hybridized carbons (Fsp3) is 0.176. The van der Waals surface area contributed by atoms with E-state index in [0.717, 1.165) is 0 Å². The Morgan fingerprint density at radius 3 is 2.62 bits per heavy atom. The fourth-order valence-corrected chi connectivity index (χ4v) is 3.08. The van der Waals surface area contributed by atoms with Gasteiger partial charge in [0.2, 0.25) is 0 Å². The maximum atomic E-state index is 12.8. The number of nitrogens with one attached hydrogen (secondary N) is 1. The van der Waals surface area contributed by atoms with Crippen LogP contribution in [0, 0.1) is 0 Å². The summed E-state index contributed by atoms with van der Waals surface area (Å²) in [6.07, 6.45) is 2.40. The summed E-state index contributed by atoms with van der Waals surface area (Å²) < 4.78 is 7.04. The van der Waals surface area contributed by atoms with Gasteiger partial charge < -0.3 is 10.1 Å². The lowest BCUT2D eigenvalue weighted by molar-refractivity contribution is 0.102. The maximum Gasteiger partial charge on any atom is 0.274 e. The van der Waals surface area contributed by atoms with Crippen LogP contribution in [0.2, 0.25) is 10.0 Å². The second kappa shape index (κ2) is 6.71. The average molecular weight is 364 g/mol. The number of methoxy groups -OCH3 is 1. The van der Waals surface area contributed by atoms with Gasteiger partial charge in [0.1, 0.15) is 5.69 Å². The van der Waals surface area contributed by atoms with Crippen molar-refractivity contribution < 1.29 is 9.53 Å². The standard InChI is InChI=1S/C17H15Cl2N3O2/c1-3-13-15(22-6-4-5-14(24-2)16(22)21-13)17(23)20-12-8-10(18)7-11(19)9-12/h4-9H,3H2,1-2H3,(H,20,23). The molecule has 1 aromatic carbocycles. The van der Waals surface area contributed by atoms with Crippen LogP contribution in [-0.4, -0.2) is 22.4 Å². The van der Waals surface area contributed by atoms with Crippen LogP contribution >= 0.6 is 23.2 Å². The van der Waals surface area contributed by atoms with Gasteiger partial charge in [-0.15, -0.1) is 0 Å². The molecule has 1 N–H and O–H groups in total. The molecule has 0 aliphatic rings. The molecule has 0 radical (unpaired) electrons. The Labute approximate surface area is 149 Å². The first-order valence-electron chi connectivity index (χ1n) is 7.35. The molecule has 0 aliphatic carbocycles. The van der Waals surface area contributed by atoms with Gasteiger partial charge in [-0.3, -0.25) is 9.20 Å². The number of hydrogen-bond donors (Lipinski definition) is 1. The summed E-state index contributed by atoms with van der Waals surface area (Å²) in [7, 11) is 1.57. The number of nitrogens with zero attached hydrogens (tertiary/aromatic N) is 2. The van der Waals surface area contributed by atoms with Gasteiger partial charge in [0.25, 0.3) is 5.91 Å². The number of carbonyl (C=O) groups is 1. The number of amides is 1. The Morgan fingerprint density at radius 1 is 1.29 bits per heavy atom. The number of halogens is 2. The summed E-state index contributed by atoms with van der Waals surface area (Å²) in [5.74, 6) is 0.322. The summed E-state index contributed by atoms with van der Waals surface area (Å²) in [5.41, 5.74) is 2.27. The Morgan fingerprint density at radius 2 is 2.00 bits per heavy atom. The van der Waals surface area contributed by atoms with Crippen LogP contribution < -0.4 is 10.1 Å². The van der Waals surface area contributed by atoms with Gasteiger partial charge in [-0.1, -0.05) is 30.1 Å². The van der Waals surface area contributed by atoms with Crippen molar-refractivity contribution in [1.82, 2.24) is 9.38 Å². The van der Waals surface area contributed by atoms with Crippen molar-refractivity contribution in [3.63, 3.8) is 0 Å². The van der Waals surface area contributed by atoms with Crippen LogP contribution in [0.15, 0.2) is 36.5 Å². The van der Waals surface area contributed by atoms with Crippen molar-refractivity contribution in [2.45, 2.75) is 13.3 Å². The highest BCUT2D eigenvalue weighted by Gasteiger charge is 2.20. The first-order valence-corrected chi connectivity index (χ1v) is 8.10. The van der Waals surface area contributed by atoms with Crippen LogP contribution in [0.1, 0.15) is 23.1 Å². The number of aromatic nitrogens is 2. The molecule has 5 nitrogen and oxygen atoms in total. The molecule has 0 atom stereocenters. The third-order valence-corrected chi connectivity index (χ3v) is 4.01. The van der Waals surface area contributed by atoms with E-state index in [-0.39, 0.29) is 5.91 Å². The molecule has 2 aromatic heterocycles. The van der Waals surface area contributed by atoms with Gasteiger partial charge in [0.05, 0.1) is 12.8 Å². The lowest BCUT2D eigenvalue weighted by atomic mass is 10.2. The van der Waals surface area contributed by atoms with Crippen molar-refractivity contribution >= 4 is 40.4 Å². The van der Waals surface area contributed by atoms with Crippen molar-refractivity contribution in [3.05, 3.63) is 58.0 Å². The highest BCUT2D eigenvalue weighted by Crippen LogP contribution is 2.25.